The second kappa shape index (κ2) is 6.28. The number of nitrogens with one attached hydrogen (secondary N) is 1. The molecule has 1 aliphatic rings. The minimum absolute atomic E-state index is 0.134. The number of carbonyl (C=O) groups excluding carboxylic acids is 2. The molecule has 0 radical (unpaired) electrons. The summed E-state index contributed by atoms with van der Waals surface area (Å²) in [6, 6.07) is 9.08. The molecule has 0 saturated heterocycles. The van der Waals surface area contributed by atoms with E-state index in [-0.39, 0.29) is 11.9 Å². The first-order valence-electron chi connectivity index (χ1n) is 7.71. The summed E-state index contributed by atoms with van der Waals surface area (Å²) in [5.41, 5.74) is 3.74. The van der Waals surface area contributed by atoms with Gasteiger partial charge in [0, 0.05) is 19.2 Å². The highest BCUT2D eigenvalue weighted by Gasteiger charge is 2.36. The van der Waals surface area contributed by atoms with E-state index >= 15 is 0 Å². The van der Waals surface area contributed by atoms with Crippen LogP contribution in [0.1, 0.15) is 27.2 Å². The molecule has 2 heterocycles. The Morgan fingerprint density at radius 1 is 1.35 bits per heavy atom. The van der Waals surface area contributed by atoms with Crippen LogP contribution >= 0.6 is 0 Å². The molecule has 1 aromatic heterocycles. The molecule has 0 saturated carbocycles. The fraction of sp³-hybridized carbons (Fsp3) is 0.333. The van der Waals surface area contributed by atoms with Crippen LogP contribution in [0.2, 0.25) is 0 Å². The number of carbonyl (C=O) groups is 2. The lowest BCUT2D eigenvalue weighted by Crippen LogP contribution is -2.50. The molecule has 0 bridgehead atoms. The Hall–Kier alpha value is -2.56. The van der Waals surface area contributed by atoms with Crippen molar-refractivity contribution in [3.8, 4) is 0 Å². The predicted molar refractivity (Wildman–Crippen MR) is 86.2 cm³/mol. The number of aromatic amines is 1. The van der Waals surface area contributed by atoms with Crippen molar-refractivity contribution in [3.63, 3.8) is 0 Å². The van der Waals surface area contributed by atoms with E-state index in [0.29, 0.717) is 18.7 Å². The number of aromatic nitrogens is 1. The normalized spacial score (nSPS) is 15.2. The number of hydrogen-bond donors (Lipinski definition) is 1. The number of amides is 1. The number of nitrogens with zero attached hydrogens (tertiary/aromatic N) is 1. The highest BCUT2D eigenvalue weighted by molar-refractivity contribution is 5.98. The lowest BCUT2D eigenvalue weighted by atomic mass is 9.98. The zero-order valence-corrected chi connectivity index (χ0v) is 13.3. The third-order valence-electron chi connectivity index (χ3n) is 4.41. The predicted octanol–water partition coefficient (Wildman–Crippen LogP) is 2.11. The summed E-state index contributed by atoms with van der Waals surface area (Å²) in [5, 5.41) is 0. The monoisotopic (exact) mass is 312 g/mol. The van der Waals surface area contributed by atoms with Gasteiger partial charge in [0.25, 0.3) is 5.91 Å². The summed E-state index contributed by atoms with van der Waals surface area (Å²) in [6.45, 7) is 2.51. The highest BCUT2D eigenvalue weighted by Crippen LogP contribution is 2.24. The van der Waals surface area contributed by atoms with E-state index in [1.807, 2.05) is 43.5 Å². The standard InChI is InChI=1S/C18H20N2O3/c1-12-11-19-16-14(12)8-9-20(17(16)21)15(18(22)23-2)10-13-6-4-3-5-7-13/h3-7,11,15,19H,8-10H2,1-2H3/t15-/m0/s1. The summed E-state index contributed by atoms with van der Waals surface area (Å²) in [5.74, 6) is -0.514. The largest absolute Gasteiger partial charge is 0.467 e. The van der Waals surface area contributed by atoms with Crippen molar-refractivity contribution in [2.75, 3.05) is 13.7 Å². The third kappa shape index (κ3) is 2.86. The van der Waals surface area contributed by atoms with Crippen LogP contribution in [0, 0.1) is 6.92 Å². The Labute approximate surface area is 135 Å². The molecule has 5 heteroatoms. The maximum absolute atomic E-state index is 12.8. The summed E-state index contributed by atoms with van der Waals surface area (Å²) >= 11 is 0. The van der Waals surface area contributed by atoms with Gasteiger partial charge in [-0.25, -0.2) is 4.79 Å². The Balaban J connectivity index is 1.89. The van der Waals surface area contributed by atoms with E-state index in [0.717, 1.165) is 23.1 Å². The molecule has 23 heavy (non-hydrogen) atoms. The van der Waals surface area contributed by atoms with Crippen LogP contribution in [0.25, 0.3) is 0 Å². The Kier molecular flexibility index (Phi) is 4.19. The van der Waals surface area contributed by atoms with E-state index in [9.17, 15) is 9.59 Å². The number of fused-ring (bicyclic) bond motifs is 1. The average molecular weight is 312 g/mol. The maximum Gasteiger partial charge on any atom is 0.328 e. The second-order valence-electron chi connectivity index (χ2n) is 5.80. The summed E-state index contributed by atoms with van der Waals surface area (Å²) < 4.78 is 4.94. The number of methoxy groups -OCH3 is 1. The third-order valence-corrected chi connectivity index (χ3v) is 4.41. The van der Waals surface area contributed by atoms with Gasteiger partial charge in [-0.2, -0.15) is 0 Å². The van der Waals surface area contributed by atoms with Crippen molar-refractivity contribution >= 4 is 11.9 Å². The fourth-order valence-electron chi connectivity index (χ4n) is 3.13. The van der Waals surface area contributed by atoms with Crippen LogP contribution in [-0.4, -0.2) is 41.5 Å². The van der Waals surface area contributed by atoms with Crippen molar-refractivity contribution in [2.24, 2.45) is 0 Å². The average Bonchev–Trinajstić information content (AvgIpc) is 2.96. The van der Waals surface area contributed by atoms with Crippen molar-refractivity contribution in [2.45, 2.75) is 25.8 Å². The van der Waals surface area contributed by atoms with Gasteiger partial charge in [0.1, 0.15) is 11.7 Å². The summed E-state index contributed by atoms with van der Waals surface area (Å²) in [6.07, 6.45) is 3.05. The van der Waals surface area contributed by atoms with Gasteiger partial charge < -0.3 is 14.6 Å². The lowest BCUT2D eigenvalue weighted by molar-refractivity contribution is -0.146. The number of benzene rings is 1. The smallest absolute Gasteiger partial charge is 0.328 e. The maximum atomic E-state index is 12.8. The highest BCUT2D eigenvalue weighted by atomic mass is 16.5. The van der Waals surface area contributed by atoms with E-state index in [2.05, 4.69) is 4.98 Å². The minimum atomic E-state index is -0.605. The van der Waals surface area contributed by atoms with Crippen LogP contribution in [0.15, 0.2) is 36.5 Å². The molecule has 2 aromatic rings. The second-order valence-corrected chi connectivity index (χ2v) is 5.80. The number of H-pyrrole nitrogens is 1. The van der Waals surface area contributed by atoms with E-state index in [1.165, 1.54) is 7.11 Å². The van der Waals surface area contributed by atoms with Crippen molar-refractivity contribution in [1.82, 2.24) is 9.88 Å². The zero-order valence-electron chi connectivity index (χ0n) is 13.3. The van der Waals surface area contributed by atoms with Crippen LogP contribution in [0.3, 0.4) is 0 Å². The van der Waals surface area contributed by atoms with Gasteiger partial charge in [0.2, 0.25) is 0 Å². The van der Waals surface area contributed by atoms with Crippen LogP contribution in [-0.2, 0) is 22.4 Å². The molecule has 120 valence electrons. The van der Waals surface area contributed by atoms with Crippen molar-refractivity contribution < 1.29 is 14.3 Å². The molecule has 3 rings (SSSR count). The fourth-order valence-corrected chi connectivity index (χ4v) is 3.13. The van der Waals surface area contributed by atoms with Crippen molar-refractivity contribution in [1.29, 1.82) is 0 Å². The number of hydrogen-bond acceptors (Lipinski definition) is 3. The van der Waals surface area contributed by atoms with Crippen LogP contribution in [0.4, 0.5) is 0 Å². The first-order valence-corrected chi connectivity index (χ1v) is 7.71. The molecule has 0 unspecified atom stereocenters. The molecule has 5 nitrogen and oxygen atoms in total. The molecule has 1 atom stereocenters. The SMILES string of the molecule is COC(=O)[C@H](Cc1ccccc1)N1CCc2c(C)c[nH]c2C1=O. The van der Waals surface area contributed by atoms with Gasteiger partial charge in [0.05, 0.1) is 7.11 Å². The lowest BCUT2D eigenvalue weighted by Gasteiger charge is -2.33. The quantitative estimate of drug-likeness (QED) is 0.880. The number of ether oxygens (including phenoxy) is 1. The Bertz CT molecular complexity index is 721. The summed E-state index contributed by atoms with van der Waals surface area (Å²) in [7, 11) is 1.36. The molecule has 1 amide bonds. The molecule has 1 aliphatic heterocycles. The molecular weight excluding hydrogens is 292 g/mol. The van der Waals surface area contributed by atoms with Gasteiger partial charge >= 0.3 is 5.97 Å². The molecule has 1 N–H and O–H groups in total. The number of aryl methyl sites for hydroxylation is 1. The topological polar surface area (TPSA) is 62.4 Å². The van der Waals surface area contributed by atoms with Gasteiger partial charge in [-0.05, 0) is 30.0 Å². The first-order chi connectivity index (χ1) is 11.1. The molecule has 0 spiro atoms. The van der Waals surface area contributed by atoms with E-state index < -0.39 is 6.04 Å². The Morgan fingerprint density at radius 2 is 2.09 bits per heavy atom. The van der Waals surface area contributed by atoms with Gasteiger partial charge in [-0.15, -0.1) is 0 Å². The van der Waals surface area contributed by atoms with Crippen LogP contribution < -0.4 is 0 Å². The van der Waals surface area contributed by atoms with E-state index in [4.69, 9.17) is 4.74 Å². The van der Waals surface area contributed by atoms with Gasteiger partial charge in [-0.1, -0.05) is 30.3 Å². The first kappa shape index (κ1) is 15.3. The van der Waals surface area contributed by atoms with Gasteiger partial charge in [0.15, 0.2) is 0 Å². The molecule has 1 aromatic carbocycles. The molecular formula is C18H20N2O3. The zero-order chi connectivity index (χ0) is 16.4. The number of esters is 1. The van der Waals surface area contributed by atoms with Gasteiger partial charge in [-0.3, -0.25) is 4.79 Å². The molecule has 0 fully saturated rings. The Morgan fingerprint density at radius 3 is 2.78 bits per heavy atom. The van der Waals surface area contributed by atoms with Crippen molar-refractivity contribution in [3.05, 3.63) is 58.9 Å². The van der Waals surface area contributed by atoms with Crippen LogP contribution in [0.5, 0.6) is 0 Å². The summed E-state index contributed by atoms with van der Waals surface area (Å²) in [4.78, 5) is 29.7. The minimum Gasteiger partial charge on any atom is -0.467 e. The van der Waals surface area contributed by atoms with E-state index in [1.54, 1.807) is 4.90 Å². The number of rotatable bonds is 4. The molecule has 0 aliphatic carbocycles.